The summed E-state index contributed by atoms with van der Waals surface area (Å²) >= 11 is 0. The Bertz CT molecular complexity index is 459. The van der Waals surface area contributed by atoms with E-state index < -0.39 is 0 Å². The van der Waals surface area contributed by atoms with Crippen molar-refractivity contribution in [2.24, 2.45) is 0 Å². The van der Waals surface area contributed by atoms with Gasteiger partial charge in [-0.05, 0) is 44.8 Å². The quantitative estimate of drug-likeness (QED) is 0.848. The number of carbonyl (C=O) groups excluding carboxylic acids is 1. The summed E-state index contributed by atoms with van der Waals surface area (Å²) in [5, 5.41) is 4.29. The number of hydrogen-bond acceptors (Lipinski definition) is 3. The lowest BCUT2D eigenvalue weighted by molar-refractivity contribution is -0.139. The highest BCUT2D eigenvalue weighted by molar-refractivity contribution is 5.82. The minimum absolute atomic E-state index is 0.113. The van der Waals surface area contributed by atoms with Gasteiger partial charge in [-0.3, -0.25) is 14.4 Å². The minimum atomic E-state index is 0.113. The van der Waals surface area contributed by atoms with Gasteiger partial charge in [0.15, 0.2) is 0 Å². The smallest absolute Gasteiger partial charge is 0.240 e. The van der Waals surface area contributed by atoms with Gasteiger partial charge in [0.05, 0.1) is 18.6 Å². The van der Waals surface area contributed by atoms with Crippen molar-refractivity contribution in [2.75, 3.05) is 19.6 Å². The zero-order valence-electron chi connectivity index (χ0n) is 12.9. The fourth-order valence-electron chi connectivity index (χ4n) is 3.78. The molecular formula is C16H26N4O. The molecule has 1 amide bonds. The van der Waals surface area contributed by atoms with Gasteiger partial charge in [-0.25, -0.2) is 0 Å². The Morgan fingerprint density at radius 1 is 1.24 bits per heavy atom. The van der Waals surface area contributed by atoms with Gasteiger partial charge in [-0.1, -0.05) is 13.3 Å². The van der Waals surface area contributed by atoms with Crippen molar-refractivity contribution in [3.05, 3.63) is 18.5 Å². The van der Waals surface area contributed by atoms with Crippen LogP contribution < -0.4 is 0 Å². The summed E-state index contributed by atoms with van der Waals surface area (Å²) in [6, 6.07) is 2.38. The van der Waals surface area contributed by atoms with Crippen LogP contribution in [0, 0.1) is 0 Å². The summed E-state index contributed by atoms with van der Waals surface area (Å²) in [6.07, 6.45) is 9.46. The molecule has 2 aliphatic heterocycles. The summed E-state index contributed by atoms with van der Waals surface area (Å²) < 4.78 is 1.95. The summed E-state index contributed by atoms with van der Waals surface area (Å²) in [4.78, 5) is 17.4. The number of nitrogens with zero attached hydrogens (tertiary/aromatic N) is 4. The van der Waals surface area contributed by atoms with E-state index in [0.717, 1.165) is 45.4 Å². The Morgan fingerprint density at radius 2 is 2.14 bits per heavy atom. The Hall–Kier alpha value is -1.36. The van der Waals surface area contributed by atoms with Gasteiger partial charge in [-0.2, -0.15) is 5.10 Å². The van der Waals surface area contributed by atoms with Crippen LogP contribution in [0.4, 0.5) is 0 Å². The second-order valence-electron chi connectivity index (χ2n) is 6.20. The normalized spacial score (nSPS) is 27.2. The molecule has 3 heterocycles. The fourth-order valence-corrected chi connectivity index (χ4v) is 3.78. The maximum Gasteiger partial charge on any atom is 0.240 e. The zero-order valence-corrected chi connectivity index (χ0v) is 12.9. The standard InChI is InChI=1S/C16H26N4O/c1-2-18-10-4-3-8-15(18)16(21)20-12-5-7-14(20)13-19-11-6-9-17-19/h6,9,11,14-15H,2-5,7-8,10,12-13H2,1H3/t14-,15+/m0/s1. The molecule has 2 fully saturated rings. The van der Waals surface area contributed by atoms with Crippen molar-refractivity contribution in [3.8, 4) is 0 Å². The molecule has 1 aromatic rings. The lowest BCUT2D eigenvalue weighted by atomic mass is 10.0. The van der Waals surface area contributed by atoms with E-state index in [4.69, 9.17) is 0 Å². The molecule has 0 radical (unpaired) electrons. The molecule has 3 rings (SSSR count). The molecule has 0 aromatic carbocycles. The summed E-state index contributed by atoms with van der Waals surface area (Å²) in [6.45, 7) is 5.96. The lowest BCUT2D eigenvalue weighted by Crippen LogP contribution is -2.52. The number of likely N-dealkylation sites (tertiary alicyclic amines) is 2. The summed E-state index contributed by atoms with van der Waals surface area (Å²) in [5.41, 5.74) is 0. The third kappa shape index (κ3) is 3.12. The van der Waals surface area contributed by atoms with E-state index in [2.05, 4.69) is 21.8 Å². The van der Waals surface area contributed by atoms with Crippen LogP contribution in [0.25, 0.3) is 0 Å². The maximum absolute atomic E-state index is 13.0. The molecule has 0 aliphatic carbocycles. The number of carbonyl (C=O) groups is 1. The SMILES string of the molecule is CCN1CCCC[C@@H]1C(=O)N1CCC[C@H]1Cn1cccn1. The first-order valence-electron chi connectivity index (χ1n) is 8.31. The zero-order chi connectivity index (χ0) is 14.7. The number of hydrogen-bond donors (Lipinski definition) is 0. The third-order valence-electron chi connectivity index (χ3n) is 4.92. The van der Waals surface area contributed by atoms with E-state index in [9.17, 15) is 4.79 Å². The molecule has 2 saturated heterocycles. The van der Waals surface area contributed by atoms with Crippen LogP contribution in [0.2, 0.25) is 0 Å². The van der Waals surface area contributed by atoms with Crippen molar-refractivity contribution in [1.29, 1.82) is 0 Å². The van der Waals surface area contributed by atoms with E-state index in [1.165, 1.54) is 12.8 Å². The van der Waals surface area contributed by atoms with E-state index in [0.29, 0.717) is 11.9 Å². The highest BCUT2D eigenvalue weighted by atomic mass is 16.2. The fraction of sp³-hybridized carbons (Fsp3) is 0.750. The van der Waals surface area contributed by atoms with Crippen LogP contribution in [-0.4, -0.2) is 57.2 Å². The van der Waals surface area contributed by atoms with Gasteiger partial charge in [0, 0.05) is 18.9 Å². The average Bonchev–Trinajstić information content (AvgIpc) is 3.19. The Morgan fingerprint density at radius 3 is 2.90 bits per heavy atom. The van der Waals surface area contributed by atoms with E-state index in [1.54, 1.807) is 6.20 Å². The molecule has 0 N–H and O–H groups in total. The minimum Gasteiger partial charge on any atom is -0.336 e. The van der Waals surface area contributed by atoms with Gasteiger partial charge in [-0.15, -0.1) is 0 Å². The Labute approximate surface area is 126 Å². The summed E-state index contributed by atoms with van der Waals surface area (Å²) in [5.74, 6) is 0.353. The summed E-state index contributed by atoms with van der Waals surface area (Å²) in [7, 11) is 0. The first kappa shape index (κ1) is 14.6. The highest BCUT2D eigenvalue weighted by Crippen LogP contribution is 2.24. The molecule has 116 valence electrons. The molecular weight excluding hydrogens is 264 g/mol. The maximum atomic E-state index is 13.0. The van der Waals surface area contributed by atoms with Gasteiger partial charge in [0.25, 0.3) is 0 Å². The highest BCUT2D eigenvalue weighted by Gasteiger charge is 2.36. The van der Waals surface area contributed by atoms with Gasteiger partial charge >= 0.3 is 0 Å². The van der Waals surface area contributed by atoms with Crippen molar-refractivity contribution in [3.63, 3.8) is 0 Å². The second-order valence-corrected chi connectivity index (χ2v) is 6.20. The van der Waals surface area contributed by atoms with Crippen LogP contribution in [-0.2, 0) is 11.3 Å². The van der Waals surface area contributed by atoms with Crippen molar-refractivity contribution < 1.29 is 4.79 Å². The van der Waals surface area contributed by atoms with Crippen molar-refractivity contribution in [1.82, 2.24) is 19.6 Å². The van der Waals surface area contributed by atoms with Gasteiger partial charge in [0.1, 0.15) is 0 Å². The molecule has 0 saturated carbocycles. The number of rotatable bonds is 4. The van der Waals surface area contributed by atoms with E-state index >= 15 is 0 Å². The molecule has 0 unspecified atom stereocenters. The molecule has 0 spiro atoms. The number of aromatic nitrogens is 2. The number of amides is 1. The first-order chi connectivity index (χ1) is 10.3. The van der Waals surface area contributed by atoms with Crippen LogP contribution in [0.1, 0.15) is 39.0 Å². The molecule has 5 nitrogen and oxygen atoms in total. The van der Waals surface area contributed by atoms with Crippen molar-refractivity contribution in [2.45, 2.75) is 57.7 Å². The topological polar surface area (TPSA) is 41.4 Å². The predicted molar refractivity (Wildman–Crippen MR) is 81.8 cm³/mol. The Kier molecular flexibility index (Phi) is 4.58. The predicted octanol–water partition coefficient (Wildman–Crippen LogP) is 1.75. The van der Waals surface area contributed by atoms with Crippen LogP contribution in [0.15, 0.2) is 18.5 Å². The molecule has 1 aromatic heterocycles. The first-order valence-corrected chi connectivity index (χ1v) is 8.31. The van der Waals surface area contributed by atoms with Crippen LogP contribution in [0.5, 0.6) is 0 Å². The van der Waals surface area contributed by atoms with E-state index in [1.807, 2.05) is 16.9 Å². The lowest BCUT2D eigenvalue weighted by Gasteiger charge is -2.37. The van der Waals surface area contributed by atoms with Crippen LogP contribution in [0.3, 0.4) is 0 Å². The van der Waals surface area contributed by atoms with Crippen molar-refractivity contribution >= 4 is 5.91 Å². The largest absolute Gasteiger partial charge is 0.336 e. The monoisotopic (exact) mass is 290 g/mol. The Balaban J connectivity index is 1.67. The number of likely N-dealkylation sites (N-methyl/N-ethyl adjacent to an activating group) is 1. The third-order valence-corrected chi connectivity index (χ3v) is 4.92. The second kappa shape index (κ2) is 6.60. The van der Waals surface area contributed by atoms with Gasteiger partial charge in [0.2, 0.25) is 5.91 Å². The molecule has 5 heteroatoms. The van der Waals surface area contributed by atoms with Gasteiger partial charge < -0.3 is 4.90 Å². The molecule has 21 heavy (non-hydrogen) atoms. The molecule has 2 aliphatic rings. The molecule has 0 bridgehead atoms. The van der Waals surface area contributed by atoms with Crippen LogP contribution >= 0.6 is 0 Å². The van der Waals surface area contributed by atoms with E-state index in [-0.39, 0.29) is 6.04 Å². The number of piperidine rings is 1. The average molecular weight is 290 g/mol. The molecule has 2 atom stereocenters.